The number of anilines is 1. The van der Waals surface area contributed by atoms with E-state index in [0.717, 1.165) is 41.6 Å². The number of nitrogens with zero attached hydrogens (tertiary/aromatic N) is 1. The molecule has 134 valence electrons. The van der Waals surface area contributed by atoms with Gasteiger partial charge < -0.3 is 10.6 Å². The molecule has 0 unspecified atom stereocenters. The van der Waals surface area contributed by atoms with Crippen molar-refractivity contribution in [1.29, 1.82) is 0 Å². The summed E-state index contributed by atoms with van der Waals surface area (Å²) in [5.41, 5.74) is -1.04. The van der Waals surface area contributed by atoms with Gasteiger partial charge in [-0.1, -0.05) is 6.07 Å². The first-order valence-corrected chi connectivity index (χ1v) is 9.11. The number of carbonyl (C=O) groups excluding carboxylic acids is 1. The Kier molecular flexibility index (Phi) is 5.26. The number of alkyl halides is 3. The number of hydrogen-bond donors (Lipinski definition) is 2. The van der Waals surface area contributed by atoms with Gasteiger partial charge in [-0.05, 0) is 31.0 Å². The number of sulfonamides is 1. The van der Waals surface area contributed by atoms with Crippen LogP contribution in [0, 0.1) is 0 Å². The average molecular weight is 365 g/mol. The maximum absolute atomic E-state index is 12.8. The van der Waals surface area contributed by atoms with Gasteiger partial charge in [0.25, 0.3) is 0 Å². The van der Waals surface area contributed by atoms with Crippen LogP contribution in [-0.4, -0.2) is 39.8 Å². The number of urea groups is 1. The van der Waals surface area contributed by atoms with Crippen LogP contribution < -0.4 is 14.9 Å². The fourth-order valence-corrected chi connectivity index (χ4v) is 2.98. The average Bonchev–Trinajstić information content (AvgIpc) is 3.25. The lowest BCUT2D eigenvalue weighted by atomic mass is 10.2. The molecule has 0 spiro atoms. The normalized spacial score (nSPS) is 15.0. The molecule has 6 nitrogen and oxygen atoms in total. The van der Waals surface area contributed by atoms with E-state index in [0.29, 0.717) is 0 Å². The molecule has 1 aliphatic rings. The molecule has 1 aromatic rings. The van der Waals surface area contributed by atoms with Gasteiger partial charge in [0, 0.05) is 12.6 Å². The summed E-state index contributed by atoms with van der Waals surface area (Å²) in [6, 6.07) is 3.79. The van der Waals surface area contributed by atoms with E-state index >= 15 is 0 Å². The highest BCUT2D eigenvalue weighted by molar-refractivity contribution is 7.92. The van der Waals surface area contributed by atoms with Crippen molar-refractivity contribution in [2.24, 2.45) is 0 Å². The number of benzene rings is 1. The number of hydrogen-bond acceptors (Lipinski definition) is 3. The second-order valence-electron chi connectivity index (χ2n) is 5.56. The number of halogens is 3. The van der Waals surface area contributed by atoms with Gasteiger partial charge in [0.2, 0.25) is 10.0 Å². The van der Waals surface area contributed by atoms with Crippen LogP contribution in [0.3, 0.4) is 0 Å². The lowest BCUT2D eigenvalue weighted by Crippen LogP contribution is -2.42. The van der Waals surface area contributed by atoms with E-state index in [4.69, 9.17) is 0 Å². The van der Waals surface area contributed by atoms with Gasteiger partial charge in [-0.2, -0.15) is 13.2 Å². The van der Waals surface area contributed by atoms with Crippen LogP contribution in [0.2, 0.25) is 0 Å². The maximum Gasteiger partial charge on any atom is 0.416 e. The molecule has 2 N–H and O–H groups in total. The first-order valence-electron chi connectivity index (χ1n) is 7.27. The minimum atomic E-state index is -4.57. The number of nitrogens with one attached hydrogen (secondary N) is 2. The smallest absolute Gasteiger partial charge is 0.336 e. The molecule has 2 rings (SSSR count). The molecule has 10 heteroatoms. The molecule has 2 amide bonds. The molecule has 0 aliphatic heterocycles. The topological polar surface area (TPSA) is 78.5 Å². The molecule has 0 bridgehead atoms. The fourth-order valence-electron chi connectivity index (χ4n) is 2.06. The summed E-state index contributed by atoms with van der Waals surface area (Å²) in [7, 11) is -3.79. The van der Waals surface area contributed by atoms with E-state index < -0.39 is 27.8 Å². The third-order valence-electron chi connectivity index (χ3n) is 3.37. The Labute approximate surface area is 138 Å². The summed E-state index contributed by atoms with van der Waals surface area (Å²) in [4.78, 5) is 11.5. The number of carbonyl (C=O) groups is 1. The highest BCUT2D eigenvalue weighted by Crippen LogP contribution is 2.32. The molecular formula is C14H18F3N3O3S. The summed E-state index contributed by atoms with van der Waals surface area (Å²) in [5.74, 6) is 0. The molecule has 1 saturated carbocycles. The van der Waals surface area contributed by atoms with Gasteiger partial charge in [-0.15, -0.1) is 0 Å². The van der Waals surface area contributed by atoms with Gasteiger partial charge in [-0.25, -0.2) is 13.2 Å². The van der Waals surface area contributed by atoms with E-state index in [1.807, 2.05) is 0 Å². The molecule has 0 heterocycles. The molecule has 0 radical (unpaired) electrons. The van der Waals surface area contributed by atoms with Crippen molar-refractivity contribution in [2.45, 2.75) is 25.1 Å². The predicted octanol–water partition coefficient (Wildman–Crippen LogP) is 1.93. The van der Waals surface area contributed by atoms with E-state index in [1.165, 1.54) is 6.07 Å². The number of amides is 2. The Morgan fingerprint density at radius 2 is 2.00 bits per heavy atom. The van der Waals surface area contributed by atoms with Crippen molar-refractivity contribution in [3.63, 3.8) is 0 Å². The van der Waals surface area contributed by atoms with Crippen molar-refractivity contribution in [3.05, 3.63) is 29.8 Å². The lowest BCUT2D eigenvalue weighted by molar-refractivity contribution is -0.137. The van der Waals surface area contributed by atoms with Crippen LogP contribution in [0.25, 0.3) is 0 Å². The lowest BCUT2D eigenvalue weighted by Gasteiger charge is -2.23. The van der Waals surface area contributed by atoms with E-state index in [1.54, 1.807) is 0 Å². The van der Waals surface area contributed by atoms with Crippen LogP contribution in [0.4, 0.5) is 23.7 Å². The molecule has 24 heavy (non-hydrogen) atoms. The van der Waals surface area contributed by atoms with Crippen LogP contribution in [0.5, 0.6) is 0 Å². The Morgan fingerprint density at radius 1 is 1.33 bits per heavy atom. The minimum absolute atomic E-state index is 0.0259. The van der Waals surface area contributed by atoms with Crippen LogP contribution in [0.15, 0.2) is 24.3 Å². The second-order valence-corrected chi connectivity index (χ2v) is 7.46. The van der Waals surface area contributed by atoms with Crippen molar-refractivity contribution >= 4 is 21.7 Å². The van der Waals surface area contributed by atoms with Crippen LogP contribution >= 0.6 is 0 Å². The first kappa shape index (κ1) is 18.4. The third-order valence-corrected chi connectivity index (χ3v) is 4.57. The monoisotopic (exact) mass is 365 g/mol. The molecule has 1 fully saturated rings. The highest BCUT2D eigenvalue weighted by Gasteiger charge is 2.31. The number of rotatable bonds is 6. The van der Waals surface area contributed by atoms with Crippen molar-refractivity contribution < 1.29 is 26.4 Å². The first-order chi connectivity index (χ1) is 11.1. The summed E-state index contributed by atoms with van der Waals surface area (Å²) >= 11 is 0. The van der Waals surface area contributed by atoms with Crippen LogP contribution in [0.1, 0.15) is 18.4 Å². The van der Waals surface area contributed by atoms with Gasteiger partial charge >= 0.3 is 12.2 Å². The quantitative estimate of drug-likeness (QED) is 0.809. The summed E-state index contributed by atoms with van der Waals surface area (Å²) in [5, 5.41) is 5.16. The molecule has 0 saturated heterocycles. The van der Waals surface area contributed by atoms with Gasteiger partial charge in [-0.3, -0.25) is 4.31 Å². The Morgan fingerprint density at radius 3 is 2.54 bits per heavy atom. The second kappa shape index (κ2) is 6.88. The SMILES string of the molecule is CS(=O)(=O)N(CCNC(=O)NC1CC1)c1cccc(C(F)(F)F)c1. The molecule has 1 aromatic carbocycles. The van der Waals surface area contributed by atoms with Gasteiger partial charge in [0.05, 0.1) is 24.1 Å². The summed E-state index contributed by atoms with van der Waals surface area (Å²) < 4.78 is 62.9. The van der Waals surface area contributed by atoms with E-state index in [9.17, 15) is 26.4 Å². The van der Waals surface area contributed by atoms with Crippen molar-refractivity contribution in [1.82, 2.24) is 10.6 Å². The Balaban J connectivity index is 2.07. The largest absolute Gasteiger partial charge is 0.416 e. The third kappa shape index (κ3) is 5.29. The molecule has 1 aliphatic carbocycles. The standard InChI is InChI=1S/C14H18F3N3O3S/c1-24(22,23)20(8-7-18-13(21)19-11-5-6-11)12-4-2-3-10(9-12)14(15,16)17/h2-4,9,11H,5-8H2,1H3,(H2,18,19,21). The summed E-state index contributed by atoms with van der Waals surface area (Å²) in [6.07, 6.45) is -1.85. The minimum Gasteiger partial charge on any atom is -0.336 e. The van der Waals surface area contributed by atoms with Crippen molar-refractivity contribution in [2.75, 3.05) is 23.7 Å². The zero-order valence-electron chi connectivity index (χ0n) is 12.9. The zero-order chi connectivity index (χ0) is 18.0. The molecule has 0 aromatic heterocycles. The predicted molar refractivity (Wildman–Crippen MR) is 83.2 cm³/mol. The fraction of sp³-hybridized carbons (Fsp3) is 0.500. The zero-order valence-corrected chi connectivity index (χ0v) is 13.7. The highest BCUT2D eigenvalue weighted by atomic mass is 32.2. The molecular weight excluding hydrogens is 347 g/mol. The molecule has 0 atom stereocenters. The van der Waals surface area contributed by atoms with Gasteiger partial charge in [0.15, 0.2) is 0 Å². The van der Waals surface area contributed by atoms with Crippen LogP contribution in [-0.2, 0) is 16.2 Å². The van der Waals surface area contributed by atoms with Crippen molar-refractivity contribution in [3.8, 4) is 0 Å². The maximum atomic E-state index is 12.8. The van der Waals surface area contributed by atoms with E-state index in [2.05, 4.69) is 10.6 Å². The Bertz CT molecular complexity index is 703. The van der Waals surface area contributed by atoms with Gasteiger partial charge in [0.1, 0.15) is 0 Å². The van der Waals surface area contributed by atoms with E-state index in [-0.39, 0.29) is 24.8 Å². The summed E-state index contributed by atoms with van der Waals surface area (Å²) in [6.45, 7) is -0.194. The Hall–Kier alpha value is -1.97.